The Hall–Kier alpha value is -1.80. The molecule has 2 atom stereocenters. The number of aliphatic carboxylic acids is 1. The van der Waals surface area contributed by atoms with E-state index in [1.165, 1.54) is 11.3 Å². The predicted molar refractivity (Wildman–Crippen MR) is 82.3 cm³/mol. The summed E-state index contributed by atoms with van der Waals surface area (Å²) in [7, 11) is 0. The number of anilines is 1. The predicted octanol–water partition coefficient (Wildman–Crippen LogP) is 1.76. The average molecular weight is 336 g/mol. The number of carboxylic acid groups (broad SMARTS) is 1. The molecule has 2 aromatic rings. The summed E-state index contributed by atoms with van der Waals surface area (Å²) in [6, 6.07) is 3.86. The number of nitrogens with zero attached hydrogens (tertiary/aromatic N) is 2. The summed E-state index contributed by atoms with van der Waals surface area (Å²) in [6.45, 7) is 0. The molecule has 0 aromatic carbocycles. The third-order valence-electron chi connectivity index (χ3n) is 3.79. The SMILES string of the molecule is O=C([O-])[C@H]1CCCC[C@H]1C(=O)Nc1nnc(-c2cccs2)s1. The van der Waals surface area contributed by atoms with E-state index in [1.807, 2.05) is 17.5 Å². The van der Waals surface area contributed by atoms with Gasteiger partial charge in [-0.05, 0) is 24.3 Å². The Morgan fingerprint density at radius 1 is 1.23 bits per heavy atom. The molecule has 2 aromatic heterocycles. The van der Waals surface area contributed by atoms with Gasteiger partial charge in [0.2, 0.25) is 11.0 Å². The second-order valence-corrected chi connectivity index (χ2v) is 7.12. The first-order valence-electron chi connectivity index (χ1n) is 7.04. The first kappa shape index (κ1) is 15.1. The van der Waals surface area contributed by atoms with E-state index in [2.05, 4.69) is 15.5 Å². The van der Waals surface area contributed by atoms with Crippen molar-refractivity contribution in [3.05, 3.63) is 17.5 Å². The molecule has 0 aliphatic heterocycles. The Kier molecular flexibility index (Phi) is 4.49. The molecule has 3 rings (SSSR count). The summed E-state index contributed by atoms with van der Waals surface area (Å²) in [6.07, 6.45) is 2.75. The zero-order valence-electron chi connectivity index (χ0n) is 11.7. The molecule has 6 nitrogen and oxygen atoms in total. The Labute approximate surface area is 135 Å². The van der Waals surface area contributed by atoms with Crippen LogP contribution in [0.2, 0.25) is 0 Å². The molecule has 1 saturated carbocycles. The number of carbonyl (C=O) groups excluding carboxylic acids is 2. The monoisotopic (exact) mass is 336 g/mol. The second kappa shape index (κ2) is 6.53. The molecule has 0 radical (unpaired) electrons. The largest absolute Gasteiger partial charge is 0.550 e. The van der Waals surface area contributed by atoms with Gasteiger partial charge in [-0.2, -0.15) is 0 Å². The number of carboxylic acids is 1. The van der Waals surface area contributed by atoms with Gasteiger partial charge in [0, 0.05) is 17.8 Å². The van der Waals surface area contributed by atoms with Gasteiger partial charge in [-0.25, -0.2) is 0 Å². The van der Waals surface area contributed by atoms with Crippen LogP contribution in [0.3, 0.4) is 0 Å². The molecular weight excluding hydrogens is 322 g/mol. The minimum absolute atomic E-state index is 0.303. The summed E-state index contributed by atoms with van der Waals surface area (Å²) >= 11 is 2.84. The third kappa shape index (κ3) is 3.17. The van der Waals surface area contributed by atoms with Gasteiger partial charge < -0.3 is 15.2 Å². The van der Waals surface area contributed by atoms with Crippen molar-refractivity contribution in [2.24, 2.45) is 11.8 Å². The third-order valence-corrected chi connectivity index (χ3v) is 5.67. The summed E-state index contributed by atoms with van der Waals surface area (Å²) in [5, 5.41) is 25.0. The lowest BCUT2D eigenvalue weighted by Crippen LogP contribution is -2.42. The van der Waals surface area contributed by atoms with Crippen molar-refractivity contribution < 1.29 is 14.7 Å². The summed E-state index contributed by atoms with van der Waals surface area (Å²) in [4.78, 5) is 24.5. The van der Waals surface area contributed by atoms with Crippen LogP contribution >= 0.6 is 22.7 Å². The molecule has 1 aliphatic carbocycles. The van der Waals surface area contributed by atoms with Crippen LogP contribution in [-0.4, -0.2) is 22.1 Å². The normalized spacial score (nSPS) is 21.5. The van der Waals surface area contributed by atoms with Crippen LogP contribution in [0.25, 0.3) is 9.88 Å². The van der Waals surface area contributed by atoms with E-state index in [0.29, 0.717) is 18.0 Å². The van der Waals surface area contributed by atoms with Gasteiger partial charge in [-0.1, -0.05) is 30.2 Å². The number of hydrogen-bond donors (Lipinski definition) is 1. The zero-order valence-corrected chi connectivity index (χ0v) is 13.3. The quantitative estimate of drug-likeness (QED) is 0.918. The first-order chi connectivity index (χ1) is 10.6. The van der Waals surface area contributed by atoms with Crippen molar-refractivity contribution in [2.45, 2.75) is 25.7 Å². The minimum atomic E-state index is -1.14. The Morgan fingerprint density at radius 3 is 2.68 bits per heavy atom. The molecular formula is C14H14N3O3S2-. The molecule has 1 N–H and O–H groups in total. The number of amides is 1. The molecule has 0 bridgehead atoms. The van der Waals surface area contributed by atoms with Crippen LogP contribution in [0.1, 0.15) is 25.7 Å². The summed E-state index contributed by atoms with van der Waals surface area (Å²) in [5.41, 5.74) is 0. The minimum Gasteiger partial charge on any atom is -0.550 e. The zero-order chi connectivity index (χ0) is 15.5. The van der Waals surface area contributed by atoms with Crippen molar-refractivity contribution in [2.75, 3.05) is 5.32 Å². The Morgan fingerprint density at radius 2 is 2.00 bits per heavy atom. The number of thiophene rings is 1. The molecule has 1 aliphatic rings. The molecule has 0 spiro atoms. The smallest absolute Gasteiger partial charge is 0.229 e. The standard InChI is InChI=1S/C14H15N3O3S2/c18-11(8-4-1-2-5-9(8)13(19)20)15-14-17-16-12(22-14)10-6-3-7-21-10/h3,6-9H,1-2,4-5H2,(H,19,20)(H,15,17,18)/p-1/t8-,9+/m1/s1. The second-order valence-electron chi connectivity index (χ2n) is 5.20. The van der Waals surface area contributed by atoms with Crippen LogP contribution in [-0.2, 0) is 9.59 Å². The van der Waals surface area contributed by atoms with Crippen LogP contribution in [0.5, 0.6) is 0 Å². The number of aromatic nitrogens is 2. The van der Waals surface area contributed by atoms with Gasteiger partial charge in [-0.15, -0.1) is 21.5 Å². The van der Waals surface area contributed by atoms with Crippen LogP contribution in [0, 0.1) is 11.8 Å². The molecule has 8 heteroatoms. The van der Waals surface area contributed by atoms with E-state index < -0.39 is 17.8 Å². The van der Waals surface area contributed by atoms with Crippen molar-refractivity contribution in [1.82, 2.24) is 10.2 Å². The number of hydrogen-bond acceptors (Lipinski definition) is 7. The van der Waals surface area contributed by atoms with Crippen molar-refractivity contribution in [3.8, 4) is 9.88 Å². The molecule has 0 unspecified atom stereocenters. The number of nitrogens with one attached hydrogen (secondary N) is 1. The Balaban J connectivity index is 1.70. The van der Waals surface area contributed by atoms with Crippen molar-refractivity contribution in [3.63, 3.8) is 0 Å². The lowest BCUT2D eigenvalue weighted by Gasteiger charge is -2.30. The summed E-state index contributed by atoms with van der Waals surface area (Å²) < 4.78 is 0. The summed E-state index contributed by atoms with van der Waals surface area (Å²) in [5.74, 6) is -2.70. The van der Waals surface area contributed by atoms with Gasteiger partial charge in [-0.3, -0.25) is 4.79 Å². The molecule has 1 fully saturated rings. The van der Waals surface area contributed by atoms with E-state index in [9.17, 15) is 14.7 Å². The lowest BCUT2D eigenvalue weighted by molar-refractivity contribution is -0.313. The highest BCUT2D eigenvalue weighted by Gasteiger charge is 2.32. The fourth-order valence-corrected chi connectivity index (χ4v) is 4.24. The van der Waals surface area contributed by atoms with Gasteiger partial charge >= 0.3 is 0 Å². The first-order valence-corrected chi connectivity index (χ1v) is 8.74. The maximum atomic E-state index is 12.3. The maximum absolute atomic E-state index is 12.3. The molecule has 1 amide bonds. The van der Waals surface area contributed by atoms with Gasteiger partial charge in [0.1, 0.15) is 0 Å². The average Bonchev–Trinajstić information content (AvgIpc) is 3.17. The molecule has 2 heterocycles. The number of carbonyl (C=O) groups is 2. The van der Waals surface area contributed by atoms with Crippen molar-refractivity contribution in [1.29, 1.82) is 0 Å². The van der Waals surface area contributed by atoms with Gasteiger partial charge in [0.05, 0.1) is 4.88 Å². The molecule has 0 saturated heterocycles. The van der Waals surface area contributed by atoms with Gasteiger partial charge in [0.25, 0.3) is 0 Å². The fraction of sp³-hybridized carbons (Fsp3) is 0.429. The fourth-order valence-electron chi connectivity index (χ4n) is 2.70. The van der Waals surface area contributed by atoms with E-state index in [0.717, 1.165) is 22.7 Å². The van der Waals surface area contributed by atoms with Crippen molar-refractivity contribution >= 4 is 39.7 Å². The Bertz CT molecular complexity index is 669. The highest BCUT2D eigenvalue weighted by Crippen LogP contribution is 2.33. The maximum Gasteiger partial charge on any atom is 0.229 e. The molecule has 22 heavy (non-hydrogen) atoms. The van der Waals surface area contributed by atoms with E-state index in [1.54, 1.807) is 11.3 Å². The van der Waals surface area contributed by atoms with E-state index in [-0.39, 0.29) is 5.91 Å². The molecule has 116 valence electrons. The highest BCUT2D eigenvalue weighted by molar-refractivity contribution is 7.23. The highest BCUT2D eigenvalue weighted by atomic mass is 32.1. The lowest BCUT2D eigenvalue weighted by atomic mass is 9.79. The van der Waals surface area contributed by atoms with Crippen LogP contribution in [0.15, 0.2) is 17.5 Å². The van der Waals surface area contributed by atoms with E-state index >= 15 is 0 Å². The van der Waals surface area contributed by atoms with E-state index in [4.69, 9.17) is 0 Å². The van der Waals surface area contributed by atoms with Crippen LogP contribution in [0.4, 0.5) is 5.13 Å². The van der Waals surface area contributed by atoms with Crippen LogP contribution < -0.4 is 10.4 Å². The number of rotatable bonds is 4. The van der Waals surface area contributed by atoms with Gasteiger partial charge in [0.15, 0.2) is 5.01 Å². The topological polar surface area (TPSA) is 95.0 Å².